The Balaban J connectivity index is 3.79. The van der Waals surface area contributed by atoms with Gasteiger partial charge < -0.3 is 10.6 Å². The third kappa shape index (κ3) is 8.54. The van der Waals surface area contributed by atoms with Crippen LogP contribution in [-0.4, -0.2) is 51.8 Å². The van der Waals surface area contributed by atoms with E-state index in [2.05, 4.69) is 23.5 Å². The second-order valence-corrected chi connectivity index (χ2v) is 6.37. The average Bonchev–Trinajstić information content (AvgIpc) is 2.27. The molecule has 1 unspecified atom stereocenters. The first-order valence-electron chi connectivity index (χ1n) is 6.30. The van der Waals surface area contributed by atoms with Gasteiger partial charge in [-0.2, -0.15) is 0 Å². The minimum absolute atomic E-state index is 0.178. The standard InChI is InChI=1S/C11H27N3O2S/c1-4-11(2)14(3)9-8-13-17(15,16)10-6-5-7-12/h11,13H,4-10,12H2,1-3H3. The van der Waals surface area contributed by atoms with Crippen molar-refractivity contribution >= 4 is 10.0 Å². The Morgan fingerprint density at radius 3 is 2.53 bits per heavy atom. The number of likely N-dealkylation sites (N-methyl/N-ethyl adjacent to an activating group) is 1. The van der Waals surface area contributed by atoms with Crippen molar-refractivity contribution in [1.82, 2.24) is 9.62 Å². The topological polar surface area (TPSA) is 75.4 Å². The van der Waals surface area contributed by atoms with Gasteiger partial charge in [0.15, 0.2) is 0 Å². The molecule has 0 bridgehead atoms. The van der Waals surface area contributed by atoms with Gasteiger partial charge in [-0.3, -0.25) is 0 Å². The second-order valence-electron chi connectivity index (χ2n) is 4.45. The van der Waals surface area contributed by atoms with Gasteiger partial charge in [0, 0.05) is 19.1 Å². The van der Waals surface area contributed by atoms with Gasteiger partial charge in [-0.15, -0.1) is 0 Å². The molecule has 3 N–H and O–H groups in total. The summed E-state index contributed by atoms with van der Waals surface area (Å²) in [6.07, 6.45) is 2.46. The minimum atomic E-state index is -3.11. The second kappa shape index (κ2) is 8.85. The van der Waals surface area contributed by atoms with Crippen LogP contribution in [0.3, 0.4) is 0 Å². The molecule has 5 nitrogen and oxygen atoms in total. The Bertz CT molecular complexity index is 280. The summed E-state index contributed by atoms with van der Waals surface area (Å²) < 4.78 is 25.7. The lowest BCUT2D eigenvalue weighted by Gasteiger charge is -2.23. The fraction of sp³-hybridized carbons (Fsp3) is 1.00. The molecule has 0 aromatic rings. The Morgan fingerprint density at radius 1 is 1.35 bits per heavy atom. The molecule has 0 spiro atoms. The molecule has 0 aliphatic carbocycles. The van der Waals surface area contributed by atoms with Gasteiger partial charge in [-0.25, -0.2) is 13.1 Å². The predicted octanol–water partition coefficient (Wildman–Crippen LogP) is 0.375. The molecule has 0 radical (unpaired) electrons. The van der Waals surface area contributed by atoms with Crippen LogP contribution in [0.1, 0.15) is 33.1 Å². The van der Waals surface area contributed by atoms with Gasteiger partial charge in [-0.05, 0) is 39.8 Å². The zero-order valence-electron chi connectivity index (χ0n) is 11.3. The van der Waals surface area contributed by atoms with Gasteiger partial charge in [0.2, 0.25) is 10.0 Å². The number of hydrogen-bond donors (Lipinski definition) is 2. The summed E-state index contributed by atoms with van der Waals surface area (Å²) in [5, 5.41) is 0. The molecule has 0 aliphatic rings. The van der Waals surface area contributed by atoms with Gasteiger partial charge >= 0.3 is 0 Å². The molecule has 0 aromatic heterocycles. The van der Waals surface area contributed by atoms with Gasteiger partial charge in [0.1, 0.15) is 0 Å². The summed E-state index contributed by atoms with van der Waals surface area (Å²) in [4.78, 5) is 2.16. The highest BCUT2D eigenvalue weighted by Crippen LogP contribution is 1.99. The number of hydrogen-bond acceptors (Lipinski definition) is 4. The molecule has 0 saturated heterocycles. The Hall–Kier alpha value is -0.170. The molecule has 0 heterocycles. The Kier molecular flexibility index (Phi) is 8.77. The summed E-state index contributed by atoms with van der Waals surface area (Å²) in [5.74, 6) is 0.178. The number of sulfonamides is 1. The van der Waals surface area contributed by atoms with Crippen molar-refractivity contribution in [2.24, 2.45) is 5.73 Å². The maximum Gasteiger partial charge on any atom is 0.211 e. The zero-order chi connectivity index (χ0) is 13.3. The average molecular weight is 265 g/mol. The molecule has 1 atom stereocenters. The van der Waals surface area contributed by atoms with Crippen LogP contribution in [0.25, 0.3) is 0 Å². The van der Waals surface area contributed by atoms with Crippen LogP contribution in [-0.2, 0) is 10.0 Å². The van der Waals surface area contributed by atoms with E-state index in [4.69, 9.17) is 5.73 Å². The Labute approximate surface area is 106 Å². The Morgan fingerprint density at radius 2 is 2.00 bits per heavy atom. The SMILES string of the molecule is CCC(C)N(C)CCNS(=O)(=O)CCCCN. The lowest BCUT2D eigenvalue weighted by Crippen LogP contribution is -2.37. The lowest BCUT2D eigenvalue weighted by molar-refractivity contribution is 0.256. The van der Waals surface area contributed by atoms with Crippen LogP contribution in [0.4, 0.5) is 0 Å². The summed E-state index contributed by atoms with van der Waals surface area (Å²) in [7, 11) is -1.10. The molecular weight excluding hydrogens is 238 g/mol. The van der Waals surface area contributed by atoms with Crippen LogP contribution < -0.4 is 10.5 Å². The van der Waals surface area contributed by atoms with Crippen LogP contribution in [0, 0.1) is 0 Å². The van der Waals surface area contributed by atoms with Gasteiger partial charge in [0.05, 0.1) is 5.75 Å². The van der Waals surface area contributed by atoms with Crippen LogP contribution >= 0.6 is 0 Å². The quantitative estimate of drug-likeness (QED) is 0.560. The van der Waals surface area contributed by atoms with E-state index in [0.717, 1.165) is 19.4 Å². The number of unbranched alkanes of at least 4 members (excludes halogenated alkanes) is 1. The molecule has 6 heteroatoms. The van der Waals surface area contributed by atoms with E-state index in [9.17, 15) is 8.42 Å². The van der Waals surface area contributed by atoms with E-state index in [1.54, 1.807) is 0 Å². The van der Waals surface area contributed by atoms with Gasteiger partial charge in [-0.1, -0.05) is 6.92 Å². The first-order chi connectivity index (χ1) is 7.93. The van der Waals surface area contributed by atoms with E-state index in [1.165, 1.54) is 0 Å². The zero-order valence-corrected chi connectivity index (χ0v) is 12.1. The molecule has 104 valence electrons. The van der Waals surface area contributed by atoms with Crippen LogP contribution in [0.5, 0.6) is 0 Å². The third-order valence-electron chi connectivity index (χ3n) is 3.00. The molecule has 17 heavy (non-hydrogen) atoms. The summed E-state index contributed by atoms with van der Waals surface area (Å²) in [6.45, 7) is 6.02. The summed E-state index contributed by atoms with van der Waals surface area (Å²) in [5.41, 5.74) is 5.32. The fourth-order valence-electron chi connectivity index (χ4n) is 1.42. The van der Waals surface area contributed by atoms with Crippen LogP contribution in [0.15, 0.2) is 0 Å². The molecule has 0 aliphatic heterocycles. The molecule has 0 saturated carbocycles. The van der Waals surface area contributed by atoms with Crippen molar-refractivity contribution in [2.75, 3.05) is 32.4 Å². The van der Waals surface area contributed by atoms with Crippen molar-refractivity contribution in [3.8, 4) is 0 Å². The number of nitrogens with two attached hydrogens (primary N) is 1. The largest absolute Gasteiger partial charge is 0.330 e. The lowest BCUT2D eigenvalue weighted by atomic mass is 10.2. The first-order valence-corrected chi connectivity index (χ1v) is 7.95. The van der Waals surface area contributed by atoms with E-state index in [1.807, 2.05) is 7.05 Å². The molecule has 0 rings (SSSR count). The normalized spacial score (nSPS) is 14.2. The van der Waals surface area contributed by atoms with E-state index >= 15 is 0 Å². The molecule has 0 aromatic carbocycles. The van der Waals surface area contributed by atoms with E-state index < -0.39 is 10.0 Å². The summed E-state index contributed by atoms with van der Waals surface area (Å²) >= 11 is 0. The maximum atomic E-state index is 11.6. The van der Waals surface area contributed by atoms with Crippen molar-refractivity contribution in [1.29, 1.82) is 0 Å². The highest BCUT2D eigenvalue weighted by molar-refractivity contribution is 7.89. The predicted molar refractivity (Wildman–Crippen MR) is 72.5 cm³/mol. The summed E-state index contributed by atoms with van der Waals surface area (Å²) in [6, 6.07) is 0.483. The molecule has 0 fully saturated rings. The van der Waals surface area contributed by atoms with Gasteiger partial charge in [0.25, 0.3) is 0 Å². The first kappa shape index (κ1) is 16.8. The highest BCUT2D eigenvalue weighted by Gasteiger charge is 2.11. The third-order valence-corrected chi connectivity index (χ3v) is 4.47. The highest BCUT2D eigenvalue weighted by atomic mass is 32.2. The van der Waals surface area contributed by atoms with Crippen molar-refractivity contribution < 1.29 is 8.42 Å². The molecular formula is C11H27N3O2S. The van der Waals surface area contributed by atoms with E-state index in [-0.39, 0.29) is 5.75 Å². The molecule has 0 amide bonds. The monoisotopic (exact) mass is 265 g/mol. The van der Waals surface area contributed by atoms with E-state index in [0.29, 0.717) is 25.6 Å². The number of nitrogens with zero attached hydrogens (tertiary/aromatic N) is 1. The van der Waals surface area contributed by atoms with Crippen molar-refractivity contribution in [2.45, 2.75) is 39.2 Å². The fourth-order valence-corrected chi connectivity index (χ4v) is 2.55. The van der Waals surface area contributed by atoms with Crippen LogP contribution in [0.2, 0.25) is 0 Å². The number of rotatable bonds is 10. The number of nitrogens with one attached hydrogen (secondary N) is 1. The maximum absolute atomic E-state index is 11.6. The minimum Gasteiger partial charge on any atom is -0.330 e. The van der Waals surface area contributed by atoms with Crippen molar-refractivity contribution in [3.63, 3.8) is 0 Å². The smallest absolute Gasteiger partial charge is 0.211 e. The van der Waals surface area contributed by atoms with Crippen molar-refractivity contribution in [3.05, 3.63) is 0 Å².